The molecule has 2 aliphatic rings. The van der Waals surface area contributed by atoms with Gasteiger partial charge in [0.15, 0.2) is 0 Å². The predicted octanol–water partition coefficient (Wildman–Crippen LogP) is 0.729. The standard InChI is InChI=1S/C17H24N4O3.2ClH/c18-15-4-2-1-3-14(15)17(23)21-7-5-19(6-8-21)13-16(22)20-9-11-24-12-10-20;;/h1-4H,5-13,18H2;2*1H. The highest BCUT2D eigenvalue weighted by molar-refractivity contribution is 5.99. The molecule has 2 heterocycles. The first kappa shape index (κ1) is 22.5. The molecular weight excluding hydrogens is 379 g/mol. The van der Waals surface area contributed by atoms with E-state index in [1.165, 1.54) is 0 Å². The van der Waals surface area contributed by atoms with Crippen LogP contribution in [0.3, 0.4) is 0 Å². The van der Waals surface area contributed by atoms with Gasteiger partial charge in [0.05, 0.1) is 25.3 Å². The fourth-order valence-electron chi connectivity index (χ4n) is 3.08. The Morgan fingerprint density at radius 3 is 2.15 bits per heavy atom. The lowest BCUT2D eigenvalue weighted by Crippen LogP contribution is -2.52. The Bertz CT molecular complexity index is 603. The highest BCUT2D eigenvalue weighted by Crippen LogP contribution is 2.15. The van der Waals surface area contributed by atoms with Crippen LogP contribution in [0.5, 0.6) is 0 Å². The summed E-state index contributed by atoms with van der Waals surface area (Å²) in [6.07, 6.45) is 0. The van der Waals surface area contributed by atoms with Crippen LogP contribution in [0, 0.1) is 0 Å². The number of amides is 2. The van der Waals surface area contributed by atoms with Crippen molar-refractivity contribution >= 4 is 42.3 Å². The molecule has 0 bridgehead atoms. The number of nitrogen functional groups attached to an aromatic ring is 1. The van der Waals surface area contributed by atoms with Crippen LogP contribution in [0.15, 0.2) is 24.3 Å². The lowest BCUT2D eigenvalue weighted by molar-refractivity contribution is -0.136. The highest BCUT2D eigenvalue weighted by Gasteiger charge is 2.26. The minimum atomic E-state index is -0.0349. The Morgan fingerprint density at radius 1 is 0.923 bits per heavy atom. The van der Waals surface area contributed by atoms with Gasteiger partial charge >= 0.3 is 0 Å². The lowest BCUT2D eigenvalue weighted by Gasteiger charge is -2.36. The summed E-state index contributed by atoms with van der Waals surface area (Å²) in [6, 6.07) is 7.14. The number of para-hydroxylation sites is 1. The van der Waals surface area contributed by atoms with E-state index in [1.54, 1.807) is 17.0 Å². The van der Waals surface area contributed by atoms with Gasteiger partial charge in [0.2, 0.25) is 5.91 Å². The SMILES string of the molecule is Cl.Cl.Nc1ccccc1C(=O)N1CCN(CC(=O)N2CCOCC2)CC1. The molecule has 1 aromatic rings. The van der Waals surface area contributed by atoms with Crippen molar-refractivity contribution in [1.29, 1.82) is 0 Å². The van der Waals surface area contributed by atoms with E-state index in [1.807, 2.05) is 17.0 Å². The minimum Gasteiger partial charge on any atom is -0.398 e. The van der Waals surface area contributed by atoms with E-state index in [2.05, 4.69) is 4.90 Å². The second-order valence-corrected chi connectivity index (χ2v) is 6.15. The van der Waals surface area contributed by atoms with Gasteiger partial charge in [-0.25, -0.2) is 0 Å². The summed E-state index contributed by atoms with van der Waals surface area (Å²) in [4.78, 5) is 30.6. The fraction of sp³-hybridized carbons (Fsp3) is 0.529. The lowest BCUT2D eigenvalue weighted by atomic mass is 10.1. The van der Waals surface area contributed by atoms with E-state index in [4.69, 9.17) is 10.5 Å². The van der Waals surface area contributed by atoms with Crippen LogP contribution in [0.2, 0.25) is 0 Å². The topological polar surface area (TPSA) is 79.1 Å². The van der Waals surface area contributed by atoms with Crippen molar-refractivity contribution in [2.75, 3.05) is 64.8 Å². The van der Waals surface area contributed by atoms with E-state index in [0.29, 0.717) is 70.3 Å². The van der Waals surface area contributed by atoms with Gasteiger partial charge in [0, 0.05) is 45.0 Å². The molecule has 146 valence electrons. The van der Waals surface area contributed by atoms with Crippen LogP contribution in [0.1, 0.15) is 10.4 Å². The van der Waals surface area contributed by atoms with Gasteiger partial charge in [0.1, 0.15) is 0 Å². The number of nitrogens with zero attached hydrogens (tertiary/aromatic N) is 3. The summed E-state index contributed by atoms with van der Waals surface area (Å²) in [6.45, 7) is 5.62. The van der Waals surface area contributed by atoms with Crippen molar-refractivity contribution in [2.24, 2.45) is 0 Å². The first-order valence-electron chi connectivity index (χ1n) is 8.37. The maximum absolute atomic E-state index is 12.5. The Balaban J connectivity index is 0.00000169. The molecule has 0 spiro atoms. The molecule has 9 heteroatoms. The molecule has 2 aliphatic heterocycles. The predicted molar refractivity (Wildman–Crippen MR) is 105 cm³/mol. The largest absolute Gasteiger partial charge is 0.398 e. The number of anilines is 1. The molecule has 7 nitrogen and oxygen atoms in total. The third-order valence-corrected chi connectivity index (χ3v) is 4.57. The zero-order chi connectivity index (χ0) is 16.9. The summed E-state index contributed by atoms with van der Waals surface area (Å²) in [7, 11) is 0. The number of hydrogen-bond acceptors (Lipinski definition) is 5. The molecule has 0 radical (unpaired) electrons. The van der Waals surface area contributed by atoms with Crippen molar-refractivity contribution in [3.05, 3.63) is 29.8 Å². The monoisotopic (exact) mass is 404 g/mol. The van der Waals surface area contributed by atoms with Gasteiger partial charge in [-0.15, -0.1) is 24.8 Å². The zero-order valence-electron chi connectivity index (χ0n) is 14.6. The van der Waals surface area contributed by atoms with Gasteiger partial charge in [0.25, 0.3) is 5.91 Å². The summed E-state index contributed by atoms with van der Waals surface area (Å²) < 4.78 is 5.27. The number of piperazine rings is 1. The van der Waals surface area contributed by atoms with Crippen molar-refractivity contribution in [1.82, 2.24) is 14.7 Å². The second kappa shape index (κ2) is 10.6. The number of carbonyl (C=O) groups is 2. The van der Waals surface area contributed by atoms with E-state index in [9.17, 15) is 9.59 Å². The first-order chi connectivity index (χ1) is 11.6. The molecule has 2 amide bonds. The molecule has 0 atom stereocenters. The third-order valence-electron chi connectivity index (χ3n) is 4.57. The van der Waals surface area contributed by atoms with E-state index < -0.39 is 0 Å². The molecule has 0 unspecified atom stereocenters. The smallest absolute Gasteiger partial charge is 0.256 e. The van der Waals surface area contributed by atoms with Crippen molar-refractivity contribution in [3.63, 3.8) is 0 Å². The molecule has 3 rings (SSSR count). The average molecular weight is 405 g/mol. The van der Waals surface area contributed by atoms with Crippen molar-refractivity contribution < 1.29 is 14.3 Å². The van der Waals surface area contributed by atoms with Gasteiger partial charge in [-0.2, -0.15) is 0 Å². The van der Waals surface area contributed by atoms with Crippen LogP contribution in [-0.4, -0.2) is 85.5 Å². The van der Waals surface area contributed by atoms with Crippen LogP contribution in [0.25, 0.3) is 0 Å². The Hall–Kier alpha value is -1.54. The van der Waals surface area contributed by atoms with E-state index in [-0.39, 0.29) is 36.6 Å². The van der Waals surface area contributed by atoms with E-state index >= 15 is 0 Å². The second-order valence-electron chi connectivity index (χ2n) is 6.15. The summed E-state index contributed by atoms with van der Waals surface area (Å²) in [5.74, 6) is 0.109. The maximum atomic E-state index is 12.5. The fourth-order valence-corrected chi connectivity index (χ4v) is 3.08. The number of carbonyl (C=O) groups excluding carboxylic acids is 2. The molecule has 2 fully saturated rings. The normalized spacial score (nSPS) is 17.8. The van der Waals surface area contributed by atoms with Gasteiger partial charge in [-0.3, -0.25) is 14.5 Å². The average Bonchev–Trinajstić information content (AvgIpc) is 2.63. The molecule has 2 N–H and O–H groups in total. The first-order valence-corrected chi connectivity index (χ1v) is 8.37. The number of hydrogen-bond donors (Lipinski definition) is 1. The molecule has 2 saturated heterocycles. The molecule has 26 heavy (non-hydrogen) atoms. The van der Waals surface area contributed by atoms with Crippen LogP contribution in [-0.2, 0) is 9.53 Å². The number of rotatable bonds is 3. The summed E-state index contributed by atoms with van der Waals surface area (Å²) in [5.41, 5.74) is 6.94. The molecule has 1 aromatic carbocycles. The van der Waals surface area contributed by atoms with Crippen molar-refractivity contribution in [2.45, 2.75) is 0 Å². The molecule has 0 aliphatic carbocycles. The van der Waals surface area contributed by atoms with E-state index in [0.717, 1.165) is 0 Å². The van der Waals surface area contributed by atoms with Crippen molar-refractivity contribution in [3.8, 4) is 0 Å². The quantitative estimate of drug-likeness (QED) is 0.751. The molecule has 0 saturated carbocycles. The summed E-state index contributed by atoms with van der Waals surface area (Å²) >= 11 is 0. The highest BCUT2D eigenvalue weighted by atomic mass is 35.5. The minimum absolute atomic E-state index is 0. The van der Waals surface area contributed by atoms with Crippen LogP contribution < -0.4 is 5.73 Å². The number of benzene rings is 1. The Morgan fingerprint density at radius 2 is 1.54 bits per heavy atom. The van der Waals surface area contributed by atoms with Gasteiger partial charge in [-0.05, 0) is 12.1 Å². The maximum Gasteiger partial charge on any atom is 0.256 e. The molecular formula is C17H26Cl2N4O3. The number of nitrogens with two attached hydrogens (primary N) is 1. The van der Waals surface area contributed by atoms with Gasteiger partial charge < -0.3 is 20.3 Å². The van der Waals surface area contributed by atoms with Gasteiger partial charge in [-0.1, -0.05) is 12.1 Å². The number of ether oxygens (including phenoxy) is 1. The number of morpholine rings is 1. The third kappa shape index (κ3) is 5.48. The Kier molecular flexibility index (Phi) is 9.15. The molecule has 0 aromatic heterocycles. The Labute approximate surface area is 166 Å². The number of halogens is 2. The van der Waals surface area contributed by atoms with Crippen LogP contribution >= 0.6 is 24.8 Å². The summed E-state index contributed by atoms with van der Waals surface area (Å²) in [5, 5.41) is 0. The van der Waals surface area contributed by atoms with Crippen LogP contribution in [0.4, 0.5) is 5.69 Å². The zero-order valence-corrected chi connectivity index (χ0v) is 16.3.